The van der Waals surface area contributed by atoms with Gasteiger partial charge < -0.3 is 20.4 Å². The summed E-state index contributed by atoms with van der Waals surface area (Å²) >= 11 is 0. The number of carbonyl (C=O) groups is 2. The Kier molecular flexibility index (Phi) is 6.07. The molecule has 5 nitrogen and oxygen atoms in total. The van der Waals surface area contributed by atoms with Gasteiger partial charge in [0, 0.05) is 0 Å². The summed E-state index contributed by atoms with van der Waals surface area (Å²) in [6.45, 7) is 0. The average Bonchev–Trinajstić information content (AvgIpc) is 2.17. The Balaban J connectivity index is 0.00000196. The second kappa shape index (κ2) is 6.24. The van der Waals surface area contributed by atoms with Crippen LogP contribution in [0.3, 0.4) is 0 Å². The summed E-state index contributed by atoms with van der Waals surface area (Å²) < 4.78 is 4.82. The van der Waals surface area contributed by atoms with Gasteiger partial charge in [0.25, 0.3) is 0 Å². The first-order valence-electron chi connectivity index (χ1n) is 3.76. The molecule has 74 valence electrons. The summed E-state index contributed by atoms with van der Waals surface area (Å²) in [5.74, 6) is -2.68. The predicted octanol–water partition coefficient (Wildman–Crippen LogP) is -3.79. The largest absolute Gasteiger partial charge is 1.00 e. The number of ketones is 1. The molecule has 0 aromatic heterocycles. The van der Waals surface area contributed by atoms with Crippen molar-refractivity contribution < 1.29 is 70.8 Å². The zero-order valence-electron chi connectivity index (χ0n) is 8.44. The number of nitrogen functional groups attached to an aromatic ring is 1. The van der Waals surface area contributed by atoms with E-state index in [0.717, 1.165) is 0 Å². The number of hydrogen-bond acceptors (Lipinski definition) is 5. The van der Waals surface area contributed by atoms with Crippen LogP contribution >= 0.6 is 0 Å². The number of ether oxygens (including phenoxy) is 1. The van der Waals surface area contributed by atoms with E-state index in [1.165, 1.54) is 25.3 Å². The van der Waals surface area contributed by atoms with Crippen molar-refractivity contribution in [3.05, 3.63) is 23.8 Å². The van der Waals surface area contributed by atoms with Gasteiger partial charge in [-0.3, -0.25) is 4.79 Å². The zero-order valence-corrected chi connectivity index (χ0v) is 11.6. The van der Waals surface area contributed by atoms with Gasteiger partial charge in [-0.25, -0.2) is 0 Å². The third-order valence-corrected chi connectivity index (χ3v) is 1.72. The molecule has 0 spiro atoms. The first kappa shape index (κ1) is 14.6. The maximum atomic E-state index is 11.0. The molecule has 0 aliphatic carbocycles. The molecule has 0 atom stereocenters. The van der Waals surface area contributed by atoms with Gasteiger partial charge in [0.2, 0.25) is 5.78 Å². The van der Waals surface area contributed by atoms with E-state index in [-0.39, 0.29) is 68.4 Å². The van der Waals surface area contributed by atoms with Gasteiger partial charge in [-0.15, -0.1) is 0 Å². The Labute approximate surface area is 129 Å². The first-order valence-corrected chi connectivity index (χ1v) is 3.76. The number of carbonyl (C=O) groups excluding carboxylic acids is 2. The second-order valence-electron chi connectivity index (χ2n) is 2.54. The summed E-state index contributed by atoms with van der Waals surface area (Å²) in [6.07, 6.45) is 0. The number of nitrogens with two attached hydrogens (primary N) is 1. The third kappa shape index (κ3) is 3.28. The van der Waals surface area contributed by atoms with Gasteiger partial charge in [0.1, 0.15) is 11.7 Å². The van der Waals surface area contributed by atoms with Crippen LogP contribution < -0.4 is 67.0 Å². The summed E-state index contributed by atoms with van der Waals surface area (Å²) in [6, 6.07) is 4.31. The quantitative estimate of drug-likeness (QED) is 0.250. The molecule has 6 heteroatoms. The van der Waals surface area contributed by atoms with Gasteiger partial charge in [0.15, 0.2) is 0 Å². The standard InChI is InChI=1S/C9H9NO4.K/c1-14-6-4-2-3-5(7(6)10)8(11)9(12)13;/h2-4H,10H2,1H3,(H,12,13);/q;+1/p-1. The van der Waals surface area contributed by atoms with Crippen LogP contribution in [0.2, 0.25) is 0 Å². The molecular formula is C9H8KNO4. The van der Waals surface area contributed by atoms with Crippen LogP contribution in [-0.2, 0) is 4.79 Å². The normalized spacial score (nSPS) is 8.87. The van der Waals surface area contributed by atoms with Crippen LogP contribution in [0.25, 0.3) is 0 Å². The summed E-state index contributed by atoms with van der Waals surface area (Å²) in [5.41, 5.74) is 5.38. The van der Waals surface area contributed by atoms with Crippen molar-refractivity contribution >= 4 is 17.4 Å². The maximum Gasteiger partial charge on any atom is 1.00 e. The van der Waals surface area contributed by atoms with Crippen molar-refractivity contribution in [3.8, 4) is 5.75 Å². The number of para-hydroxylation sites is 1. The van der Waals surface area contributed by atoms with Crippen LogP contribution in [0.15, 0.2) is 18.2 Å². The van der Waals surface area contributed by atoms with E-state index in [1.54, 1.807) is 0 Å². The van der Waals surface area contributed by atoms with E-state index in [2.05, 4.69) is 0 Å². The number of methoxy groups -OCH3 is 1. The van der Waals surface area contributed by atoms with E-state index in [1.807, 2.05) is 0 Å². The molecular weight excluding hydrogens is 225 g/mol. The van der Waals surface area contributed by atoms with Crippen LogP contribution in [0, 0.1) is 0 Å². The van der Waals surface area contributed by atoms with E-state index in [0.29, 0.717) is 0 Å². The fraction of sp³-hybridized carbons (Fsp3) is 0.111. The maximum absolute atomic E-state index is 11.0. The van der Waals surface area contributed by atoms with Crippen LogP contribution in [0.5, 0.6) is 5.75 Å². The van der Waals surface area contributed by atoms with Crippen LogP contribution in [-0.4, -0.2) is 18.9 Å². The molecule has 1 rings (SSSR count). The summed E-state index contributed by atoms with van der Waals surface area (Å²) in [5, 5.41) is 10.3. The van der Waals surface area contributed by atoms with E-state index >= 15 is 0 Å². The molecule has 0 radical (unpaired) electrons. The SMILES string of the molecule is COc1cccc(C(=O)C(=O)[O-])c1N.[K+]. The van der Waals surface area contributed by atoms with E-state index < -0.39 is 11.8 Å². The Morgan fingerprint density at radius 3 is 2.47 bits per heavy atom. The Hall–Kier alpha value is -0.404. The number of hydrogen-bond donors (Lipinski definition) is 1. The summed E-state index contributed by atoms with van der Waals surface area (Å²) in [4.78, 5) is 21.3. The number of carboxylic acid groups (broad SMARTS) is 1. The molecule has 0 fully saturated rings. The molecule has 0 aliphatic heterocycles. The molecule has 0 saturated carbocycles. The van der Waals surface area contributed by atoms with Gasteiger partial charge >= 0.3 is 51.4 Å². The third-order valence-electron chi connectivity index (χ3n) is 1.72. The molecule has 15 heavy (non-hydrogen) atoms. The Morgan fingerprint density at radius 2 is 2.00 bits per heavy atom. The fourth-order valence-electron chi connectivity index (χ4n) is 1.03. The Bertz CT molecular complexity index is 392. The molecule has 0 heterocycles. The Morgan fingerprint density at radius 1 is 1.40 bits per heavy atom. The predicted molar refractivity (Wildman–Crippen MR) is 46.7 cm³/mol. The molecule has 0 amide bonds. The van der Waals surface area contributed by atoms with Crippen molar-refractivity contribution in [1.82, 2.24) is 0 Å². The number of Topliss-reactive ketones (excluding diaryl/α,β-unsaturated/α-hetero) is 1. The molecule has 0 unspecified atom stereocenters. The van der Waals surface area contributed by atoms with E-state index in [9.17, 15) is 14.7 Å². The average molecular weight is 233 g/mol. The topological polar surface area (TPSA) is 92.5 Å². The van der Waals surface area contributed by atoms with Gasteiger partial charge in [-0.05, 0) is 12.1 Å². The van der Waals surface area contributed by atoms with Crippen molar-refractivity contribution in [1.29, 1.82) is 0 Å². The zero-order chi connectivity index (χ0) is 10.7. The fourth-order valence-corrected chi connectivity index (χ4v) is 1.03. The first-order chi connectivity index (χ1) is 6.57. The van der Waals surface area contributed by atoms with Crippen LogP contribution in [0.1, 0.15) is 10.4 Å². The minimum atomic E-state index is -1.79. The van der Waals surface area contributed by atoms with Crippen molar-refractivity contribution in [2.75, 3.05) is 12.8 Å². The van der Waals surface area contributed by atoms with Crippen molar-refractivity contribution in [3.63, 3.8) is 0 Å². The molecule has 1 aromatic carbocycles. The molecule has 2 N–H and O–H groups in total. The van der Waals surface area contributed by atoms with Crippen molar-refractivity contribution in [2.45, 2.75) is 0 Å². The number of rotatable bonds is 3. The number of anilines is 1. The van der Waals surface area contributed by atoms with Crippen LogP contribution in [0.4, 0.5) is 5.69 Å². The molecule has 0 aliphatic rings. The van der Waals surface area contributed by atoms with Gasteiger partial charge in [-0.2, -0.15) is 0 Å². The monoisotopic (exact) mass is 233 g/mol. The van der Waals surface area contributed by atoms with Gasteiger partial charge in [0.05, 0.1) is 18.4 Å². The smallest absolute Gasteiger partial charge is 0.541 e. The number of carboxylic acids is 1. The second-order valence-corrected chi connectivity index (χ2v) is 2.54. The molecule has 1 aromatic rings. The summed E-state index contributed by atoms with van der Waals surface area (Å²) in [7, 11) is 1.37. The van der Waals surface area contributed by atoms with E-state index in [4.69, 9.17) is 10.5 Å². The molecule has 0 bridgehead atoms. The van der Waals surface area contributed by atoms with Crippen molar-refractivity contribution in [2.24, 2.45) is 0 Å². The number of aliphatic carboxylic acids is 1. The minimum absolute atomic E-state index is 0. The van der Waals surface area contributed by atoms with Gasteiger partial charge in [-0.1, -0.05) is 6.07 Å². The molecule has 0 saturated heterocycles. The minimum Gasteiger partial charge on any atom is -0.541 e. The number of benzene rings is 1.